The van der Waals surface area contributed by atoms with Crippen molar-refractivity contribution in [3.63, 3.8) is 0 Å². The molecular formula is C15H15BrFNO. The summed E-state index contributed by atoms with van der Waals surface area (Å²) < 4.78 is 19.9. The van der Waals surface area contributed by atoms with Gasteiger partial charge in [0.05, 0.1) is 13.2 Å². The third kappa shape index (κ3) is 3.47. The molecule has 0 aromatic heterocycles. The molecule has 0 spiro atoms. The van der Waals surface area contributed by atoms with Crippen LogP contribution in [0.1, 0.15) is 18.5 Å². The van der Waals surface area contributed by atoms with Gasteiger partial charge >= 0.3 is 0 Å². The Hall–Kier alpha value is -1.55. The number of halogens is 2. The minimum Gasteiger partial charge on any atom is -0.497 e. The molecule has 4 heteroatoms. The Bertz CT molecular complexity index is 557. The fourth-order valence-electron chi connectivity index (χ4n) is 1.86. The highest BCUT2D eigenvalue weighted by Crippen LogP contribution is 2.25. The van der Waals surface area contributed by atoms with E-state index in [-0.39, 0.29) is 11.9 Å². The van der Waals surface area contributed by atoms with Crippen LogP contribution in [0.25, 0.3) is 0 Å². The predicted octanol–water partition coefficient (Wildman–Crippen LogP) is 4.77. The minimum absolute atomic E-state index is 0.118. The first kappa shape index (κ1) is 13.9. The molecule has 0 fully saturated rings. The van der Waals surface area contributed by atoms with Gasteiger partial charge < -0.3 is 10.1 Å². The topological polar surface area (TPSA) is 21.3 Å². The van der Waals surface area contributed by atoms with Gasteiger partial charge in [0.2, 0.25) is 0 Å². The van der Waals surface area contributed by atoms with Crippen molar-refractivity contribution < 1.29 is 9.13 Å². The van der Waals surface area contributed by atoms with Gasteiger partial charge in [0.15, 0.2) is 0 Å². The zero-order valence-electron chi connectivity index (χ0n) is 10.8. The Labute approximate surface area is 120 Å². The van der Waals surface area contributed by atoms with E-state index in [9.17, 15) is 4.39 Å². The predicted molar refractivity (Wildman–Crippen MR) is 79.1 cm³/mol. The van der Waals surface area contributed by atoms with Gasteiger partial charge in [-0.3, -0.25) is 0 Å². The molecule has 0 aliphatic rings. The molecule has 2 nitrogen and oxygen atoms in total. The number of ether oxygens (including phenoxy) is 1. The summed E-state index contributed by atoms with van der Waals surface area (Å²) in [6.07, 6.45) is 0. The Kier molecular flexibility index (Phi) is 4.43. The SMILES string of the molecule is COc1ccc(C(C)Nc2ccc(Br)cc2)c(F)c1. The van der Waals surface area contributed by atoms with Crippen molar-refractivity contribution in [1.29, 1.82) is 0 Å². The molecule has 1 N–H and O–H groups in total. The molecule has 2 aromatic rings. The number of hydrogen-bond acceptors (Lipinski definition) is 2. The molecule has 1 unspecified atom stereocenters. The van der Waals surface area contributed by atoms with Crippen LogP contribution in [0.5, 0.6) is 5.75 Å². The summed E-state index contributed by atoms with van der Waals surface area (Å²) in [6, 6.07) is 12.6. The van der Waals surface area contributed by atoms with Crippen molar-refractivity contribution in [1.82, 2.24) is 0 Å². The second-order valence-corrected chi connectivity index (χ2v) is 5.18. The van der Waals surface area contributed by atoms with E-state index in [1.807, 2.05) is 31.2 Å². The van der Waals surface area contributed by atoms with Crippen LogP contribution < -0.4 is 10.1 Å². The van der Waals surface area contributed by atoms with Crippen molar-refractivity contribution >= 4 is 21.6 Å². The first-order valence-electron chi connectivity index (χ1n) is 5.95. The third-order valence-electron chi connectivity index (χ3n) is 2.90. The van der Waals surface area contributed by atoms with Crippen molar-refractivity contribution in [2.75, 3.05) is 12.4 Å². The Balaban J connectivity index is 2.15. The number of nitrogens with one attached hydrogen (secondary N) is 1. The Morgan fingerprint density at radius 1 is 1.16 bits per heavy atom. The highest BCUT2D eigenvalue weighted by atomic mass is 79.9. The standard InChI is InChI=1S/C15H15BrFNO/c1-10(18-12-5-3-11(16)4-6-12)14-8-7-13(19-2)9-15(14)17/h3-10,18H,1-2H3. The smallest absolute Gasteiger partial charge is 0.132 e. The molecule has 2 aromatic carbocycles. The third-order valence-corrected chi connectivity index (χ3v) is 3.43. The molecule has 0 heterocycles. The summed E-state index contributed by atoms with van der Waals surface area (Å²) in [5, 5.41) is 3.26. The van der Waals surface area contributed by atoms with E-state index < -0.39 is 0 Å². The van der Waals surface area contributed by atoms with Crippen LogP contribution in [0.2, 0.25) is 0 Å². The van der Waals surface area contributed by atoms with Gasteiger partial charge in [0.1, 0.15) is 11.6 Å². The lowest BCUT2D eigenvalue weighted by Gasteiger charge is -2.17. The molecule has 0 aliphatic carbocycles. The number of anilines is 1. The van der Waals surface area contributed by atoms with Gasteiger partial charge in [-0.1, -0.05) is 22.0 Å². The second kappa shape index (κ2) is 6.06. The average molecular weight is 324 g/mol. The van der Waals surface area contributed by atoms with E-state index in [2.05, 4.69) is 21.2 Å². The second-order valence-electron chi connectivity index (χ2n) is 4.26. The summed E-state index contributed by atoms with van der Waals surface area (Å²) in [5.41, 5.74) is 1.56. The van der Waals surface area contributed by atoms with Crippen LogP contribution in [0, 0.1) is 5.82 Å². The molecule has 2 rings (SSSR count). The summed E-state index contributed by atoms with van der Waals surface area (Å²) in [6.45, 7) is 1.92. The van der Waals surface area contributed by atoms with Gasteiger partial charge in [-0.15, -0.1) is 0 Å². The van der Waals surface area contributed by atoms with Gasteiger partial charge in [-0.25, -0.2) is 4.39 Å². The van der Waals surface area contributed by atoms with Crippen LogP contribution in [0.15, 0.2) is 46.9 Å². The molecular weight excluding hydrogens is 309 g/mol. The average Bonchev–Trinajstić information content (AvgIpc) is 2.41. The summed E-state index contributed by atoms with van der Waals surface area (Å²) in [7, 11) is 1.53. The first-order valence-corrected chi connectivity index (χ1v) is 6.75. The van der Waals surface area contributed by atoms with Crippen molar-refractivity contribution in [3.05, 3.63) is 58.3 Å². The number of hydrogen-bond donors (Lipinski definition) is 1. The van der Waals surface area contributed by atoms with E-state index in [0.29, 0.717) is 11.3 Å². The van der Waals surface area contributed by atoms with Crippen LogP contribution in [-0.2, 0) is 0 Å². The van der Waals surface area contributed by atoms with Gasteiger partial charge in [-0.05, 0) is 37.3 Å². The zero-order valence-corrected chi connectivity index (χ0v) is 12.4. The van der Waals surface area contributed by atoms with Crippen molar-refractivity contribution in [2.45, 2.75) is 13.0 Å². The van der Waals surface area contributed by atoms with E-state index in [0.717, 1.165) is 10.2 Å². The van der Waals surface area contributed by atoms with Crippen LogP contribution >= 0.6 is 15.9 Å². The molecule has 0 aliphatic heterocycles. The normalized spacial score (nSPS) is 12.0. The van der Waals surface area contributed by atoms with Gasteiger partial charge in [0.25, 0.3) is 0 Å². The van der Waals surface area contributed by atoms with E-state index >= 15 is 0 Å². The highest BCUT2D eigenvalue weighted by molar-refractivity contribution is 9.10. The highest BCUT2D eigenvalue weighted by Gasteiger charge is 2.11. The van der Waals surface area contributed by atoms with Crippen molar-refractivity contribution in [3.8, 4) is 5.75 Å². The quantitative estimate of drug-likeness (QED) is 0.875. The van der Waals surface area contributed by atoms with E-state index in [4.69, 9.17) is 4.74 Å². The van der Waals surface area contributed by atoms with Crippen LogP contribution in [0.4, 0.5) is 10.1 Å². The lowest BCUT2D eigenvalue weighted by Crippen LogP contribution is -2.08. The first-order chi connectivity index (χ1) is 9.10. The van der Waals surface area contributed by atoms with Crippen molar-refractivity contribution in [2.24, 2.45) is 0 Å². The van der Waals surface area contributed by atoms with E-state index in [1.54, 1.807) is 12.1 Å². The molecule has 19 heavy (non-hydrogen) atoms. The number of benzene rings is 2. The van der Waals surface area contributed by atoms with Gasteiger partial charge in [0, 0.05) is 21.8 Å². The molecule has 0 amide bonds. The minimum atomic E-state index is -0.267. The molecule has 0 radical (unpaired) electrons. The molecule has 0 bridgehead atoms. The van der Waals surface area contributed by atoms with E-state index in [1.165, 1.54) is 13.2 Å². The molecule has 0 saturated heterocycles. The molecule has 100 valence electrons. The fraction of sp³-hybridized carbons (Fsp3) is 0.200. The van der Waals surface area contributed by atoms with Crippen LogP contribution in [-0.4, -0.2) is 7.11 Å². The largest absolute Gasteiger partial charge is 0.497 e. The maximum atomic E-state index is 13.9. The van der Waals surface area contributed by atoms with Gasteiger partial charge in [-0.2, -0.15) is 0 Å². The maximum Gasteiger partial charge on any atom is 0.132 e. The summed E-state index contributed by atoms with van der Waals surface area (Å²) in [5.74, 6) is 0.258. The summed E-state index contributed by atoms with van der Waals surface area (Å²) in [4.78, 5) is 0. The Morgan fingerprint density at radius 3 is 2.42 bits per heavy atom. The van der Waals surface area contributed by atoms with Crippen LogP contribution in [0.3, 0.4) is 0 Å². The fourth-order valence-corrected chi connectivity index (χ4v) is 2.12. The zero-order chi connectivity index (χ0) is 13.8. The lowest BCUT2D eigenvalue weighted by atomic mass is 10.1. The maximum absolute atomic E-state index is 13.9. The number of rotatable bonds is 4. The molecule has 0 saturated carbocycles. The Morgan fingerprint density at radius 2 is 1.84 bits per heavy atom. The monoisotopic (exact) mass is 323 g/mol. The molecule has 1 atom stereocenters. The lowest BCUT2D eigenvalue weighted by molar-refractivity contribution is 0.410. The summed E-state index contributed by atoms with van der Waals surface area (Å²) >= 11 is 3.38. The number of methoxy groups -OCH3 is 1.